The maximum absolute atomic E-state index is 11.9. The third-order valence-corrected chi connectivity index (χ3v) is 4.35. The maximum atomic E-state index is 11.9. The molecular weight excluding hydrogens is 246 g/mol. The van der Waals surface area contributed by atoms with E-state index < -0.39 is 32.7 Å². The molecule has 0 bridgehead atoms. The van der Waals surface area contributed by atoms with Crippen LogP contribution < -0.4 is 5.32 Å². The highest BCUT2D eigenvalue weighted by molar-refractivity contribution is 7.88. The first-order chi connectivity index (χ1) is 7.75. The zero-order valence-corrected chi connectivity index (χ0v) is 11.3. The first kappa shape index (κ1) is 16.1. The molecule has 1 amide bonds. The normalized spacial score (nSPS) is 15.1. The maximum Gasteiger partial charge on any atom is 0.321 e. The zero-order chi connectivity index (χ0) is 13.6. The van der Waals surface area contributed by atoms with Gasteiger partial charge in [0.05, 0.1) is 17.4 Å². The second-order valence-electron chi connectivity index (χ2n) is 4.04. The van der Waals surface area contributed by atoms with Gasteiger partial charge in [-0.15, -0.1) is 0 Å². The van der Waals surface area contributed by atoms with E-state index in [-0.39, 0.29) is 0 Å². The molecule has 17 heavy (non-hydrogen) atoms. The SMILES string of the molecule is COCCNC(=O)C(C)S(=O)C(C)(C)C(=O)O. The molecule has 0 saturated heterocycles. The standard InChI is InChI=1S/C10H19NO5S/c1-7(8(12)11-5-6-16-4)17(15)10(2,3)9(13)14/h7H,5-6H2,1-4H3,(H,11,12)(H,13,14). The molecule has 7 heteroatoms. The molecule has 0 saturated carbocycles. The minimum atomic E-state index is -1.79. The van der Waals surface area contributed by atoms with E-state index in [0.717, 1.165) is 0 Å². The van der Waals surface area contributed by atoms with Crippen molar-refractivity contribution in [2.24, 2.45) is 0 Å². The number of methoxy groups -OCH3 is 1. The molecule has 6 nitrogen and oxygen atoms in total. The molecular formula is C10H19NO5S. The molecule has 0 aliphatic heterocycles. The van der Waals surface area contributed by atoms with Crippen LogP contribution in [-0.2, 0) is 25.1 Å². The van der Waals surface area contributed by atoms with E-state index in [2.05, 4.69) is 5.32 Å². The van der Waals surface area contributed by atoms with Crippen LogP contribution in [0.4, 0.5) is 0 Å². The molecule has 0 aromatic heterocycles. The van der Waals surface area contributed by atoms with Crippen molar-refractivity contribution >= 4 is 22.7 Å². The number of aliphatic carboxylic acids is 1. The molecule has 0 aromatic rings. The summed E-state index contributed by atoms with van der Waals surface area (Å²) in [5, 5.41) is 10.6. The predicted molar refractivity (Wildman–Crippen MR) is 64.2 cm³/mol. The summed E-state index contributed by atoms with van der Waals surface area (Å²) in [6.45, 7) is 4.79. The van der Waals surface area contributed by atoms with Gasteiger partial charge in [0.1, 0.15) is 10.00 Å². The van der Waals surface area contributed by atoms with Crippen LogP contribution in [0, 0.1) is 0 Å². The van der Waals surface area contributed by atoms with Crippen molar-refractivity contribution in [3.8, 4) is 0 Å². The number of hydrogen-bond donors (Lipinski definition) is 2. The van der Waals surface area contributed by atoms with Crippen LogP contribution in [0.3, 0.4) is 0 Å². The van der Waals surface area contributed by atoms with Crippen LogP contribution in [0.2, 0.25) is 0 Å². The number of rotatable bonds is 7. The zero-order valence-electron chi connectivity index (χ0n) is 10.5. The third kappa shape index (κ3) is 4.43. The van der Waals surface area contributed by atoms with E-state index in [1.165, 1.54) is 27.9 Å². The van der Waals surface area contributed by atoms with Crippen LogP contribution in [0.1, 0.15) is 20.8 Å². The number of carbonyl (C=O) groups is 2. The fraction of sp³-hybridized carbons (Fsp3) is 0.800. The third-order valence-electron chi connectivity index (χ3n) is 2.31. The van der Waals surface area contributed by atoms with Crippen molar-refractivity contribution in [3.63, 3.8) is 0 Å². The highest BCUT2D eigenvalue weighted by Crippen LogP contribution is 2.17. The number of carboxylic acid groups (broad SMARTS) is 1. The molecule has 0 radical (unpaired) electrons. The van der Waals surface area contributed by atoms with Crippen molar-refractivity contribution in [2.75, 3.05) is 20.3 Å². The van der Waals surface area contributed by atoms with Crippen LogP contribution >= 0.6 is 0 Å². The van der Waals surface area contributed by atoms with Gasteiger partial charge in [0.15, 0.2) is 0 Å². The first-order valence-corrected chi connectivity index (χ1v) is 6.37. The van der Waals surface area contributed by atoms with Gasteiger partial charge in [-0.05, 0) is 20.8 Å². The lowest BCUT2D eigenvalue weighted by Gasteiger charge is -2.22. The summed E-state index contributed by atoms with van der Waals surface area (Å²) < 4.78 is 15.2. The average molecular weight is 265 g/mol. The summed E-state index contributed by atoms with van der Waals surface area (Å²) >= 11 is 0. The van der Waals surface area contributed by atoms with Crippen molar-refractivity contribution in [3.05, 3.63) is 0 Å². The molecule has 0 aliphatic carbocycles. The largest absolute Gasteiger partial charge is 0.480 e. The number of carboxylic acids is 1. The summed E-state index contributed by atoms with van der Waals surface area (Å²) in [6.07, 6.45) is 0. The van der Waals surface area contributed by atoms with E-state index in [9.17, 15) is 13.8 Å². The van der Waals surface area contributed by atoms with Crippen molar-refractivity contribution in [2.45, 2.75) is 30.8 Å². The van der Waals surface area contributed by atoms with Gasteiger partial charge in [-0.1, -0.05) is 0 Å². The Balaban J connectivity index is 4.50. The quantitative estimate of drug-likeness (QED) is 0.619. The first-order valence-electron chi connectivity index (χ1n) is 5.15. The van der Waals surface area contributed by atoms with Gasteiger partial charge >= 0.3 is 5.97 Å². The Kier molecular flexibility index (Phi) is 6.33. The number of amides is 1. The Hall–Kier alpha value is -0.950. The minimum Gasteiger partial charge on any atom is -0.480 e. The lowest BCUT2D eigenvalue weighted by molar-refractivity contribution is -0.139. The van der Waals surface area contributed by atoms with E-state index in [0.29, 0.717) is 13.2 Å². The van der Waals surface area contributed by atoms with Crippen LogP contribution in [0.15, 0.2) is 0 Å². The van der Waals surface area contributed by atoms with Gasteiger partial charge in [-0.2, -0.15) is 0 Å². The average Bonchev–Trinajstić information content (AvgIpc) is 2.26. The van der Waals surface area contributed by atoms with Crippen molar-refractivity contribution in [1.29, 1.82) is 0 Å². The second-order valence-corrected chi connectivity index (χ2v) is 6.36. The van der Waals surface area contributed by atoms with Gasteiger partial charge < -0.3 is 15.2 Å². The molecule has 0 rings (SSSR count). The Morgan fingerprint density at radius 1 is 1.47 bits per heavy atom. The highest BCUT2D eigenvalue weighted by Gasteiger charge is 2.39. The Bertz CT molecular complexity index is 316. The van der Waals surface area contributed by atoms with Gasteiger partial charge in [0.25, 0.3) is 0 Å². The van der Waals surface area contributed by atoms with E-state index >= 15 is 0 Å². The van der Waals surface area contributed by atoms with E-state index in [1.807, 2.05) is 0 Å². The number of ether oxygens (including phenoxy) is 1. The van der Waals surface area contributed by atoms with Gasteiger partial charge in [-0.3, -0.25) is 13.8 Å². The predicted octanol–water partition coefficient (Wildman–Crippen LogP) is -0.251. The summed E-state index contributed by atoms with van der Waals surface area (Å²) in [5.74, 6) is -1.62. The van der Waals surface area contributed by atoms with E-state index in [1.54, 1.807) is 0 Å². The summed E-state index contributed by atoms with van der Waals surface area (Å²) in [4.78, 5) is 22.5. The Labute approximate surface area is 103 Å². The van der Waals surface area contributed by atoms with Crippen molar-refractivity contribution in [1.82, 2.24) is 5.32 Å². The summed E-state index contributed by atoms with van der Waals surface area (Å²) in [7, 11) is -0.292. The summed E-state index contributed by atoms with van der Waals surface area (Å²) in [5.41, 5.74) is 0. The topological polar surface area (TPSA) is 92.7 Å². The molecule has 0 aliphatic rings. The molecule has 0 fully saturated rings. The summed E-state index contributed by atoms with van der Waals surface area (Å²) in [6, 6.07) is 0. The lowest BCUT2D eigenvalue weighted by Crippen LogP contribution is -2.46. The molecule has 0 spiro atoms. The second kappa shape index (κ2) is 6.70. The smallest absolute Gasteiger partial charge is 0.321 e. The van der Waals surface area contributed by atoms with E-state index in [4.69, 9.17) is 9.84 Å². The Morgan fingerprint density at radius 2 is 2.00 bits per heavy atom. The lowest BCUT2D eigenvalue weighted by atomic mass is 10.2. The monoisotopic (exact) mass is 265 g/mol. The van der Waals surface area contributed by atoms with Gasteiger partial charge in [-0.25, -0.2) is 0 Å². The molecule has 2 atom stereocenters. The fourth-order valence-corrected chi connectivity index (χ4v) is 2.38. The van der Waals surface area contributed by atoms with Crippen LogP contribution in [-0.4, -0.2) is 51.5 Å². The van der Waals surface area contributed by atoms with Crippen molar-refractivity contribution < 1.29 is 23.6 Å². The molecule has 100 valence electrons. The molecule has 2 unspecified atom stereocenters. The molecule has 2 N–H and O–H groups in total. The number of hydrogen-bond acceptors (Lipinski definition) is 4. The van der Waals surface area contributed by atoms with Gasteiger partial charge in [0.2, 0.25) is 5.91 Å². The van der Waals surface area contributed by atoms with Crippen LogP contribution in [0.25, 0.3) is 0 Å². The fourth-order valence-electron chi connectivity index (χ4n) is 1.05. The van der Waals surface area contributed by atoms with Crippen LogP contribution in [0.5, 0.6) is 0 Å². The Morgan fingerprint density at radius 3 is 2.41 bits per heavy atom. The van der Waals surface area contributed by atoms with Gasteiger partial charge in [0, 0.05) is 13.7 Å². The highest BCUT2D eigenvalue weighted by atomic mass is 32.2. The molecule has 0 aromatic carbocycles. The number of carbonyl (C=O) groups excluding carboxylic acids is 1. The number of nitrogens with one attached hydrogen (secondary N) is 1. The molecule has 0 heterocycles. The minimum absolute atomic E-state index is 0.310.